The van der Waals surface area contributed by atoms with Gasteiger partial charge in [0, 0.05) is 11.5 Å². The zero-order chi connectivity index (χ0) is 16.4. The lowest BCUT2D eigenvalue weighted by Crippen LogP contribution is -2.03. The second-order valence-electron chi connectivity index (χ2n) is 5.19. The summed E-state index contributed by atoms with van der Waals surface area (Å²) in [6.45, 7) is 1.75. The Bertz CT molecular complexity index is 966. The molecule has 1 heterocycles. The van der Waals surface area contributed by atoms with E-state index in [9.17, 15) is 14.7 Å². The van der Waals surface area contributed by atoms with Gasteiger partial charge in [-0.05, 0) is 36.3 Å². The van der Waals surface area contributed by atoms with Crippen LogP contribution in [0.5, 0.6) is 5.75 Å². The number of aryl methyl sites for hydroxylation is 1. The highest BCUT2D eigenvalue weighted by Gasteiger charge is 2.17. The first kappa shape index (κ1) is 14.8. The summed E-state index contributed by atoms with van der Waals surface area (Å²) in [6, 6.07) is 13.7. The molecule has 0 spiro atoms. The van der Waals surface area contributed by atoms with Gasteiger partial charge in [-0.3, -0.25) is 4.79 Å². The number of benzene rings is 2. The molecule has 0 amide bonds. The highest BCUT2D eigenvalue weighted by Crippen LogP contribution is 2.28. The number of fused-ring (bicyclic) bond motifs is 1. The number of hydrogen-bond donors (Lipinski definition) is 1. The summed E-state index contributed by atoms with van der Waals surface area (Å²) in [7, 11) is 0. The zero-order valence-electron chi connectivity index (χ0n) is 12.4. The number of phenolic OH excluding ortho intramolecular Hbond substituents is 1. The molecule has 0 atom stereocenters. The Labute approximate surface area is 132 Å². The lowest BCUT2D eigenvalue weighted by atomic mass is 10.0. The second kappa shape index (κ2) is 5.93. The van der Waals surface area contributed by atoms with Crippen LogP contribution in [-0.4, -0.2) is 10.9 Å². The van der Waals surface area contributed by atoms with Gasteiger partial charge in [0.1, 0.15) is 11.3 Å². The fraction of sp³-hybridized carbons (Fsp3) is 0.0526. The molecule has 114 valence electrons. The normalized spacial score (nSPS) is 11.2. The third-order valence-corrected chi connectivity index (χ3v) is 3.57. The van der Waals surface area contributed by atoms with E-state index in [1.807, 2.05) is 30.3 Å². The minimum absolute atomic E-state index is 0.00418. The molecule has 1 aromatic heterocycles. The molecular formula is C19H14O4. The third kappa shape index (κ3) is 2.92. The van der Waals surface area contributed by atoms with Crippen molar-refractivity contribution < 1.29 is 14.3 Å². The molecule has 3 aromatic rings. The fourth-order valence-electron chi connectivity index (χ4n) is 2.43. The number of ketones is 1. The van der Waals surface area contributed by atoms with E-state index in [-0.39, 0.29) is 16.9 Å². The lowest BCUT2D eigenvalue weighted by molar-refractivity contribution is 0.104. The van der Waals surface area contributed by atoms with E-state index in [1.54, 1.807) is 19.1 Å². The zero-order valence-corrected chi connectivity index (χ0v) is 12.4. The van der Waals surface area contributed by atoms with E-state index < -0.39 is 11.4 Å². The van der Waals surface area contributed by atoms with Gasteiger partial charge in [-0.1, -0.05) is 36.4 Å². The van der Waals surface area contributed by atoms with Crippen LogP contribution in [0, 0.1) is 6.92 Å². The van der Waals surface area contributed by atoms with Crippen LogP contribution in [0.2, 0.25) is 0 Å². The molecule has 23 heavy (non-hydrogen) atoms. The Morgan fingerprint density at radius 1 is 1.13 bits per heavy atom. The highest BCUT2D eigenvalue weighted by atomic mass is 16.4. The SMILES string of the molecule is Cc1cc(=O)oc2c(C(=O)C=Cc3ccccc3)c(O)ccc12. The van der Waals surface area contributed by atoms with E-state index in [2.05, 4.69) is 0 Å². The first-order chi connectivity index (χ1) is 11.1. The van der Waals surface area contributed by atoms with Crippen molar-refractivity contribution in [1.29, 1.82) is 0 Å². The maximum absolute atomic E-state index is 12.5. The first-order valence-electron chi connectivity index (χ1n) is 7.10. The third-order valence-electron chi connectivity index (χ3n) is 3.57. The van der Waals surface area contributed by atoms with Gasteiger partial charge >= 0.3 is 5.63 Å². The molecule has 0 unspecified atom stereocenters. The van der Waals surface area contributed by atoms with E-state index >= 15 is 0 Å². The molecule has 0 saturated heterocycles. The van der Waals surface area contributed by atoms with Crippen molar-refractivity contribution in [2.45, 2.75) is 6.92 Å². The van der Waals surface area contributed by atoms with Crippen LogP contribution < -0.4 is 5.63 Å². The number of rotatable bonds is 3. The minimum atomic E-state index is -0.554. The molecule has 4 heteroatoms. The first-order valence-corrected chi connectivity index (χ1v) is 7.10. The number of hydrogen-bond acceptors (Lipinski definition) is 4. The Morgan fingerprint density at radius 2 is 1.87 bits per heavy atom. The Morgan fingerprint density at radius 3 is 2.61 bits per heavy atom. The summed E-state index contributed by atoms with van der Waals surface area (Å²) in [5.74, 6) is -0.639. The number of phenols is 1. The van der Waals surface area contributed by atoms with Crippen LogP contribution in [0.15, 0.2) is 63.8 Å². The maximum Gasteiger partial charge on any atom is 0.336 e. The predicted molar refractivity (Wildman–Crippen MR) is 88.7 cm³/mol. The van der Waals surface area contributed by atoms with Gasteiger partial charge in [0.15, 0.2) is 11.4 Å². The van der Waals surface area contributed by atoms with Crippen molar-refractivity contribution >= 4 is 22.8 Å². The van der Waals surface area contributed by atoms with E-state index in [4.69, 9.17) is 4.42 Å². The van der Waals surface area contributed by atoms with Crippen molar-refractivity contribution in [2.24, 2.45) is 0 Å². The summed E-state index contributed by atoms with van der Waals surface area (Å²) >= 11 is 0. The molecular weight excluding hydrogens is 292 g/mol. The summed E-state index contributed by atoms with van der Waals surface area (Å²) in [6.07, 6.45) is 3.00. The van der Waals surface area contributed by atoms with Crippen LogP contribution in [0.4, 0.5) is 0 Å². The van der Waals surface area contributed by atoms with Crippen molar-refractivity contribution in [2.75, 3.05) is 0 Å². The molecule has 0 fully saturated rings. The van der Waals surface area contributed by atoms with Gasteiger partial charge in [-0.15, -0.1) is 0 Å². The fourth-order valence-corrected chi connectivity index (χ4v) is 2.43. The number of aromatic hydroxyl groups is 1. The van der Waals surface area contributed by atoms with Gasteiger partial charge in [-0.25, -0.2) is 4.79 Å². The van der Waals surface area contributed by atoms with E-state index in [1.165, 1.54) is 18.2 Å². The average Bonchev–Trinajstić information content (AvgIpc) is 2.53. The minimum Gasteiger partial charge on any atom is -0.507 e. The van der Waals surface area contributed by atoms with E-state index in [0.717, 1.165) is 5.56 Å². The molecule has 0 bridgehead atoms. The van der Waals surface area contributed by atoms with Crippen LogP contribution in [-0.2, 0) is 0 Å². The highest BCUT2D eigenvalue weighted by molar-refractivity contribution is 6.15. The molecule has 0 radical (unpaired) electrons. The van der Waals surface area contributed by atoms with Gasteiger partial charge < -0.3 is 9.52 Å². The van der Waals surface area contributed by atoms with Crippen LogP contribution in [0.1, 0.15) is 21.5 Å². The summed E-state index contributed by atoms with van der Waals surface area (Å²) in [4.78, 5) is 24.1. The van der Waals surface area contributed by atoms with Gasteiger partial charge in [0.05, 0.1) is 0 Å². The quantitative estimate of drug-likeness (QED) is 0.455. The molecule has 2 aromatic carbocycles. The average molecular weight is 306 g/mol. The number of carbonyl (C=O) groups is 1. The monoisotopic (exact) mass is 306 g/mol. The van der Waals surface area contributed by atoms with Gasteiger partial charge in [-0.2, -0.15) is 0 Å². The van der Waals surface area contributed by atoms with Crippen LogP contribution in [0.3, 0.4) is 0 Å². The van der Waals surface area contributed by atoms with Gasteiger partial charge in [0.25, 0.3) is 0 Å². The lowest BCUT2D eigenvalue weighted by Gasteiger charge is -2.06. The molecule has 3 rings (SSSR count). The predicted octanol–water partition coefficient (Wildman–Crippen LogP) is 3.70. The van der Waals surface area contributed by atoms with E-state index in [0.29, 0.717) is 10.9 Å². The number of carbonyl (C=O) groups excluding carboxylic acids is 1. The molecule has 0 saturated carbocycles. The van der Waals surface area contributed by atoms with Crippen molar-refractivity contribution in [3.63, 3.8) is 0 Å². The van der Waals surface area contributed by atoms with Crippen molar-refractivity contribution in [1.82, 2.24) is 0 Å². The Balaban J connectivity index is 2.12. The van der Waals surface area contributed by atoms with Crippen molar-refractivity contribution in [3.05, 3.63) is 81.7 Å². The maximum atomic E-state index is 12.5. The molecule has 0 aliphatic rings. The van der Waals surface area contributed by atoms with Crippen molar-refractivity contribution in [3.8, 4) is 5.75 Å². The van der Waals surface area contributed by atoms with Crippen LogP contribution in [0.25, 0.3) is 17.0 Å². The summed E-state index contributed by atoms with van der Waals surface area (Å²) in [5.41, 5.74) is 1.10. The Hall–Kier alpha value is -3.14. The number of allylic oxidation sites excluding steroid dienone is 1. The molecule has 0 aliphatic carbocycles. The Kier molecular flexibility index (Phi) is 3.81. The standard InChI is InChI=1S/C19H14O4/c1-12-11-17(22)23-19-14(12)8-10-16(21)18(19)15(20)9-7-13-5-3-2-4-6-13/h2-11,21H,1H3. The van der Waals surface area contributed by atoms with Gasteiger partial charge in [0.2, 0.25) is 0 Å². The second-order valence-corrected chi connectivity index (χ2v) is 5.19. The molecule has 4 nitrogen and oxygen atoms in total. The largest absolute Gasteiger partial charge is 0.507 e. The summed E-state index contributed by atoms with van der Waals surface area (Å²) < 4.78 is 5.16. The molecule has 0 aliphatic heterocycles. The topological polar surface area (TPSA) is 67.5 Å². The summed E-state index contributed by atoms with van der Waals surface area (Å²) in [5, 5.41) is 10.7. The van der Waals surface area contributed by atoms with Crippen LogP contribution >= 0.6 is 0 Å². The smallest absolute Gasteiger partial charge is 0.336 e. The molecule has 1 N–H and O–H groups in total.